The van der Waals surface area contributed by atoms with Crippen molar-refractivity contribution in [2.45, 2.75) is 24.7 Å². The van der Waals surface area contributed by atoms with Crippen molar-refractivity contribution >= 4 is 26.7 Å². The molecule has 1 heterocycles. The van der Waals surface area contributed by atoms with Crippen molar-refractivity contribution in [3.63, 3.8) is 0 Å². The highest BCUT2D eigenvalue weighted by Crippen LogP contribution is 2.18. The molecule has 0 aliphatic heterocycles. The lowest BCUT2D eigenvalue weighted by atomic mass is 10.2. The Morgan fingerprint density at radius 2 is 2.05 bits per heavy atom. The summed E-state index contributed by atoms with van der Waals surface area (Å²) in [5, 5.41) is 0.757. The van der Waals surface area contributed by atoms with Crippen LogP contribution in [0.3, 0.4) is 0 Å². The minimum atomic E-state index is -3.44. The van der Waals surface area contributed by atoms with E-state index in [2.05, 4.69) is 9.71 Å². The number of hydrogen-bond acceptors (Lipinski definition) is 4. The van der Waals surface area contributed by atoms with E-state index in [1.807, 2.05) is 6.92 Å². The number of unbranched alkanes of at least 4 members (excludes halogenated alkanes) is 1. The Labute approximate surface area is 112 Å². The van der Waals surface area contributed by atoms with Gasteiger partial charge in [-0.1, -0.05) is 13.3 Å². The van der Waals surface area contributed by atoms with Crippen molar-refractivity contribution in [3.8, 4) is 0 Å². The van der Waals surface area contributed by atoms with Crippen molar-refractivity contribution in [3.05, 3.63) is 30.3 Å². The van der Waals surface area contributed by atoms with E-state index in [1.165, 1.54) is 0 Å². The fourth-order valence-electron chi connectivity index (χ4n) is 1.75. The topological polar surface area (TPSA) is 85.1 Å². The molecule has 6 heteroatoms. The second-order valence-corrected chi connectivity index (χ2v) is 6.11. The van der Waals surface area contributed by atoms with Gasteiger partial charge in [-0.15, -0.1) is 0 Å². The number of sulfonamides is 1. The molecule has 0 bridgehead atoms. The summed E-state index contributed by atoms with van der Waals surface area (Å²) in [4.78, 5) is 4.39. The Hall–Kier alpha value is -1.66. The van der Waals surface area contributed by atoms with E-state index in [9.17, 15) is 8.42 Å². The minimum absolute atomic E-state index is 0.252. The Kier molecular flexibility index (Phi) is 4.01. The predicted molar refractivity (Wildman–Crippen MR) is 76.3 cm³/mol. The zero-order valence-electron chi connectivity index (χ0n) is 10.8. The van der Waals surface area contributed by atoms with Gasteiger partial charge in [0.2, 0.25) is 10.0 Å². The molecule has 0 saturated carbocycles. The van der Waals surface area contributed by atoms with Gasteiger partial charge in [-0.05, 0) is 36.8 Å². The van der Waals surface area contributed by atoms with Gasteiger partial charge in [0.1, 0.15) is 5.82 Å². The van der Waals surface area contributed by atoms with Gasteiger partial charge < -0.3 is 5.73 Å². The summed E-state index contributed by atoms with van der Waals surface area (Å²) in [7, 11) is -3.44. The van der Waals surface area contributed by atoms with Gasteiger partial charge in [-0.25, -0.2) is 18.1 Å². The number of benzene rings is 1. The van der Waals surface area contributed by atoms with Crippen LogP contribution in [0.15, 0.2) is 35.2 Å². The fourth-order valence-corrected chi connectivity index (χ4v) is 2.86. The van der Waals surface area contributed by atoms with Gasteiger partial charge >= 0.3 is 0 Å². The molecule has 102 valence electrons. The molecule has 0 radical (unpaired) electrons. The van der Waals surface area contributed by atoms with E-state index in [0.717, 1.165) is 18.2 Å². The first-order valence-electron chi connectivity index (χ1n) is 6.19. The molecule has 19 heavy (non-hydrogen) atoms. The first kappa shape index (κ1) is 13.8. The van der Waals surface area contributed by atoms with Crippen LogP contribution >= 0.6 is 0 Å². The van der Waals surface area contributed by atoms with Crippen molar-refractivity contribution in [2.75, 3.05) is 12.3 Å². The number of pyridine rings is 1. The molecule has 0 fully saturated rings. The van der Waals surface area contributed by atoms with Crippen LogP contribution in [0.4, 0.5) is 5.82 Å². The van der Waals surface area contributed by atoms with Gasteiger partial charge in [0.25, 0.3) is 0 Å². The number of nitrogens with one attached hydrogen (secondary N) is 1. The second-order valence-electron chi connectivity index (χ2n) is 4.34. The standard InChI is InChI=1S/C13H17N3O2S/c1-2-3-8-15-19(17,18)11-5-6-12-10(9-11)4-7-13(14)16-12/h4-7,9,15H,2-3,8H2,1H3,(H2,14,16). The Balaban J connectivity index is 2.32. The largest absolute Gasteiger partial charge is 0.384 e. The normalized spacial score (nSPS) is 11.8. The lowest BCUT2D eigenvalue weighted by Crippen LogP contribution is -2.24. The Morgan fingerprint density at radius 3 is 2.79 bits per heavy atom. The number of anilines is 1. The van der Waals surface area contributed by atoms with Gasteiger partial charge in [0, 0.05) is 11.9 Å². The van der Waals surface area contributed by atoms with Crippen LogP contribution in [0.25, 0.3) is 10.9 Å². The van der Waals surface area contributed by atoms with Gasteiger partial charge in [0.15, 0.2) is 0 Å². The fraction of sp³-hybridized carbons (Fsp3) is 0.308. The zero-order chi connectivity index (χ0) is 13.9. The third kappa shape index (κ3) is 3.21. The second kappa shape index (κ2) is 5.54. The molecule has 1 aromatic heterocycles. The quantitative estimate of drug-likeness (QED) is 0.818. The smallest absolute Gasteiger partial charge is 0.240 e. The molecule has 0 atom stereocenters. The summed E-state index contributed by atoms with van der Waals surface area (Å²) in [5.74, 6) is 0.421. The number of nitrogens with two attached hydrogens (primary N) is 1. The lowest BCUT2D eigenvalue weighted by molar-refractivity contribution is 0.578. The molecular weight excluding hydrogens is 262 g/mol. The van der Waals surface area contributed by atoms with Crippen molar-refractivity contribution in [2.24, 2.45) is 0 Å². The number of fused-ring (bicyclic) bond motifs is 1. The Morgan fingerprint density at radius 1 is 1.26 bits per heavy atom. The molecule has 1 aromatic carbocycles. The average Bonchev–Trinajstić information content (AvgIpc) is 2.38. The van der Waals surface area contributed by atoms with Gasteiger partial charge in [0.05, 0.1) is 10.4 Å². The summed E-state index contributed by atoms with van der Waals surface area (Å²) in [5.41, 5.74) is 6.27. The highest BCUT2D eigenvalue weighted by atomic mass is 32.2. The molecule has 0 unspecified atom stereocenters. The predicted octanol–water partition coefficient (Wildman–Crippen LogP) is 1.90. The molecule has 0 aliphatic rings. The van der Waals surface area contributed by atoms with Crippen LogP contribution in [0.5, 0.6) is 0 Å². The maximum absolute atomic E-state index is 12.1. The number of rotatable bonds is 5. The van der Waals surface area contributed by atoms with Gasteiger partial charge in [-0.2, -0.15) is 0 Å². The van der Waals surface area contributed by atoms with Crippen LogP contribution < -0.4 is 10.5 Å². The number of nitrogens with zero attached hydrogens (tertiary/aromatic N) is 1. The van der Waals surface area contributed by atoms with Crippen molar-refractivity contribution in [1.82, 2.24) is 9.71 Å². The minimum Gasteiger partial charge on any atom is -0.384 e. The monoisotopic (exact) mass is 279 g/mol. The summed E-state index contributed by atoms with van der Waals surface area (Å²) >= 11 is 0. The molecular formula is C13H17N3O2S. The molecule has 2 rings (SSSR count). The van der Waals surface area contributed by atoms with E-state index in [4.69, 9.17) is 5.73 Å². The molecule has 2 aromatic rings. The van der Waals surface area contributed by atoms with Crippen LogP contribution in [0.2, 0.25) is 0 Å². The van der Waals surface area contributed by atoms with Crippen molar-refractivity contribution in [1.29, 1.82) is 0 Å². The van der Waals surface area contributed by atoms with E-state index in [1.54, 1.807) is 30.3 Å². The highest BCUT2D eigenvalue weighted by Gasteiger charge is 2.13. The molecule has 3 N–H and O–H groups in total. The molecule has 0 aliphatic carbocycles. The average molecular weight is 279 g/mol. The molecule has 0 saturated heterocycles. The third-order valence-electron chi connectivity index (χ3n) is 2.81. The van der Waals surface area contributed by atoms with Crippen LogP contribution in [0, 0.1) is 0 Å². The van der Waals surface area contributed by atoms with Crippen LogP contribution in [-0.2, 0) is 10.0 Å². The number of aromatic nitrogens is 1. The molecule has 0 spiro atoms. The molecule has 5 nitrogen and oxygen atoms in total. The third-order valence-corrected chi connectivity index (χ3v) is 4.27. The maximum atomic E-state index is 12.1. The van der Waals surface area contributed by atoms with Gasteiger partial charge in [-0.3, -0.25) is 0 Å². The van der Waals surface area contributed by atoms with E-state index in [-0.39, 0.29) is 4.90 Å². The van der Waals surface area contributed by atoms with Crippen LogP contribution in [-0.4, -0.2) is 19.9 Å². The van der Waals surface area contributed by atoms with E-state index >= 15 is 0 Å². The summed E-state index contributed by atoms with van der Waals surface area (Å²) in [6.07, 6.45) is 1.77. The first-order valence-corrected chi connectivity index (χ1v) is 7.67. The maximum Gasteiger partial charge on any atom is 0.240 e. The summed E-state index contributed by atoms with van der Waals surface area (Å²) in [6.45, 7) is 2.47. The van der Waals surface area contributed by atoms with Crippen molar-refractivity contribution < 1.29 is 8.42 Å². The zero-order valence-corrected chi connectivity index (χ0v) is 11.6. The van der Waals surface area contributed by atoms with E-state index in [0.29, 0.717) is 17.9 Å². The Bertz CT molecular complexity index is 683. The first-order chi connectivity index (χ1) is 9.03. The SMILES string of the molecule is CCCCNS(=O)(=O)c1ccc2nc(N)ccc2c1. The lowest BCUT2D eigenvalue weighted by Gasteiger charge is -2.07. The number of hydrogen-bond donors (Lipinski definition) is 2. The summed E-state index contributed by atoms with van der Waals surface area (Å²) < 4.78 is 26.7. The van der Waals surface area contributed by atoms with Crippen LogP contribution in [0.1, 0.15) is 19.8 Å². The molecule has 0 amide bonds. The van der Waals surface area contributed by atoms with E-state index < -0.39 is 10.0 Å². The number of nitrogen functional groups attached to an aromatic ring is 1. The highest BCUT2D eigenvalue weighted by molar-refractivity contribution is 7.89. The summed E-state index contributed by atoms with van der Waals surface area (Å²) in [6, 6.07) is 8.24.